The number of carbonyl (C=O) groups excluding carboxylic acids is 1. The van der Waals surface area contributed by atoms with Gasteiger partial charge in [0.1, 0.15) is 5.78 Å². The maximum Gasteiger partial charge on any atom is 0.136 e. The third kappa shape index (κ3) is 6.89. The molecule has 128 valence electrons. The second-order valence-corrected chi connectivity index (χ2v) is 7.44. The Balaban J connectivity index is 1.87. The minimum absolute atomic E-state index is 0.304. The third-order valence-corrected chi connectivity index (χ3v) is 5.52. The number of rotatable bonds is 4. The van der Waals surface area contributed by atoms with Crippen molar-refractivity contribution in [3.8, 4) is 0 Å². The van der Waals surface area contributed by atoms with Crippen LogP contribution in [-0.4, -0.2) is 5.78 Å². The highest BCUT2D eigenvalue weighted by molar-refractivity contribution is 5.81. The molecule has 1 aromatic rings. The molecule has 23 heavy (non-hydrogen) atoms. The standard InChI is InChI=1S/C22H34O/c1-19(17-18-20-13-9-8-10-14-20)21-15-11-6-4-2-3-5-7-12-16-22(21)23/h8-10,13-14,19,21H,2-7,11-12,15-18H2,1H3/t19-,21-/m1/s1. The normalized spacial score (nSPS) is 22.8. The summed E-state index contributed by atoms with van der Waals surface area (Å²) in [7, 11) is 0. The van der Waals surface area contributed by atoms with E-state index >= 15 is 0 Å². The van der Waals surface area contributed by atoms with Gasteiger partial charge >= 0.3 is 0 Å². The Bertz CT molecular complexity index is 437. The van der Waals surface area contributed by atoms with Crippen molar-refractivity contribution >= 4 is 5.78 Å². The highest BCUT2D eigenvalue weighted by Crippen LogP contribution is 2.27. The smallest absolute Gasteiger partial charge is 0.136 e. The van der Waals surface area contributed by atoms with Gasteiger partial charge in [0.05, 0.1) is 0 Å². The predicted octanol–water partition coefficient (Wildman–Crippen LogP) is 6.36. The van der Waals surface area contributed by atoms with Crippen molar-refractivity contribution in [2.24, 2.45) is 11.8 Å². The van der Waals surface area contributed by atoms with Crippen LogP contribution in [-0.2, 0) is 11.2 Å². The molecule has 0 N–H and O–H groups in total. The van der Waals surface area contributed by atoms with Crippen LogP contribution in [0.5, 0.6) is 0 Å². The minimum atomic E-state index is 0.304. The molecule has 1 aromatic carbocycles. The lowest BCUT2D eigenvalue weighted by Gasteiger charge is -2.23. The molecule has 0 saturated heterocycles. The van der Waals surface area contributed by atoms with Gasteiger partial charge in [-0.15, -0.1) is 0 Å². The van der Waals surface area contributed by atoms with Gasteiger partial charge in [0, 0.05) is 12.3 Å². The van der Waals surface area contributed by atoms with E-state index in [1.54, 1.807) is 0 Å². The number of hydrogen-bond acceptors (Lipinski definition) is 1. The van der Waals surface area contributed by atoms with E-state index in [0.29, 0.717) is 17.6 Å². The van der Waals surface area contributed by atoms with E-state index in [4.69, 9.17) is 0 Å². The molecule has 2 atom stereocenters. The summed E-state index contributed by atoms with van der Waals surface area (Å²) in [4.78, 5) is 12.7. The number of Topliss-reactive ketones (excluding diaryl/α,β-unsaturated/α-hetero) is 1. The molecule has 0 spiro atoms. The molecule has 1 fully saturated rings. The summed E-state index contributed by atoms with van der Waals surface area (Å²) >= 11 is 0. The zero-order valence-electron chi connectivity index (χ0n) is 14.9. The Morgan fingerprint density at radius 3 is 2.22 bits per heavy atom. The molecule has 0 heterocycles. The topological polar surface area (TPSA) is 17.1 Å². The molecule has 0 amide bonds. The molecular weight excluding hydrogens is 280 g/mol. The van der Waals surface area contributed by atoms with Crippen molar-refractivity contribution < 1.29 is 4.79 Å². The van der Waals surface area contributed by atoms with Crippen LogP contribution in [0.2, 0.25) is 0 Å². The lowest BCUT2D eigenvalue weighted by atomic mass is 9.80. The van der Waals surface area contributed by atoms with Crippen LogP contribution in [0.25, 0.3) is 0 Å². The second kappa shape index (κ2) is 10.6. The molecule has 1 aliphatic rings. The molecule has 0 radical (unpaired) electrons. The fourth-order valence-corrected chi connectivity index (χ4v) is 3.91. The Labute approximate surface area is 142 Å². The molecule has 1 aliphatic carbocycles. The molecule has 0 unspecified atom stereocenters. The van der Waals surface area contributed by atoms with Gasteiger partial charge in [-0.25, -0.2) is 0 Å². The molecule has 1 saturated carbocycles. The van der Waals surface area contributed by atoms with E-state index in [-0.39, 0.29) is 0 Å². The summed E-state index contributed by atoms with van der Waals surface area (Å²) < 4.78 is 0. The minimum Gasteiger partial charge on any atom is -0.299 e. The number of benzene rings is 1. The van der Waals surface area contributed by atoms with E-state index in [1.807, 2.05) is 0 Å². The first-order valence-electron chi connectivity index (χ1n) is 9.84. The first-order chi connectivity index (χ1) is 11.3. The van der Waals surface area contributed by atoms with Crippen molar-refractivity contribution in [1.29, 1.82) is 0 Å². The van der Waals surface area contributed by atoms with Crippen molar-refractivity contribution in [2.45, 2.75) is 84.0 Å². The Hall–Kier alpha value is -1.11. The van der Waals surface area contributed by atoms with Crippen molar-refractivity contribution in [2.75, 3.05) is 0 Å². The number of aryl methyl sites for hydroxylation is 1. The highest BCUT2D eigenvalue weighted by Gasteiger charge is 2.24. The van der Waals surface area contributed by atoms with E-state index in [2.05, 4.69) is 37.3 Å². The molecule has 0 bridgehead atoms. The van der Waals surface area contributed by atoms with Crippen LogP contribution in [0.15, 0.2) is 30.3 Å². The average molecular weight is 315 g/mol. The molecule has 0 aliphatic heterocycles. The van der Waals surface area contributed by atoms with Gasteiger partial charge in [-0.3, -0.25) is 4.79 Å². The maximum absolute atomic E-state index is 12.7. The summed E-state index contributed by atoms with van der Waals surface area (Å²) in [6.45, 7) is 2.30. The summed E-state index contributed by atoms with van der Waals surface area (Å²) in [5.41, 5.74) is 1.40. The third-order valence-electron chi connectivity index (χ3n) is 5.52. The van der Waals surface area contributed by atoms with E-state index < -0.39 is 0 Å². The van der Waals surface area contributed by atoms with Crippen molar-refractivity contribution in [3.05, 3.63) is 35.9 Å². The van der Waals surface area contributed by atoms with Crippen LogP contribution >= 0.6 is 0 Å². The zero-order valence-corrected chi connectivity index (χ0v) is 14.9. The van der Waals surface area contributed by atoms with Crippen LogP contribution in [0.3, 0.4) is 0 Å². The molecule has 1 heteroatoms. The van der Waals surface area contributed by atoms with Crippen LogP contribution in [0, 0.1) is 11.8 Å². The zero-order chi connectivity index (χ0) is 16.3. The quantitative estimate of drug-likeness (QED) is 0.632. The fourth-order valence-electron chi connectivity index (χ4n) is 3.91. The monoisotopic (exact) mass is 314 g/mol. The largest absolute Gasteiger partial charge is 0.299 e. The first-order valence-corrected chi connectivity index (χ1v) is 9.84. The first kappa shape index (κ1) is 18.2. The van der Waals surface area contributed by atoms with Gasteiger partial charge < -0.3 is 0 Å². The lowest BCUT2D eigenvalue weighted by Crippen LogP contribution is -2.23. The van der Waals surface area contributed by atoms with Crippen molar-refractivity contribution in [1.82, 2.24) is 0 Å². The van der Waals surface area contributed by atoms with Gasteiger partial charge in [-0.05, 0) is 37.2 Å². The number of hydrogen-bond donors (Lipinski definition) is 0. The number of ketones is 1. The van der Waals surface area contributed by atoms with Gasteiger partial charge in [0.25, 0.3) is 0 Å². The van der Waals surface area contributed by atoms with Gasteiger partial charge in [0.2, 0.25) is 0 Å². The molecule has 0 aromatic heterocycles. The molecular formula is C22H34O. The summed E-state index contributed by atoms with van der Waals surface area (Å²) in [6, 6.07) is 10.7. The summed E-state index contributed by atoms with van der Waals surface area (Å²) in [5.74, 6) is 1.37. The van der Waals surface area contributed by atoms with Crippen molar-refractivity contribution in [3.63, 3.8) is 0 Å². The van der Waals surface area contributed by atoms with E-state index in [9.17, 15) is 4.79 Å². The summed E-state index contributed by atoms with van der Waals surface area (Å²) in [5, 5.41) is 0. The maximum atomic E-state index is 12.7. The second-order valence-electron chi connectivity index (χ2n) is 7.44. The summed E-state index contributed by atoms with van der Waals surface area (Å²) in [6.07, 6.45) is 14.5. The van der Waals surface area contributed by atoms with Gasteiger partial charge in [-0.2, -0.15) is 0 Å². The Kier molecular flexibility index (Phi) is 8.42. The SMILES string of the molecule is C[C@H](CCc1ccccc1)[C@H]1CCCCCCCCCCC1=O. The van der Waals surface area contributed by atoms with Crippen LogP contribution in [0.4, 0.5) is 0 Å². The molecule has 2 rings (SSSR count). The van der Waals surface area contributed by atoms with Crippen LogP contribution < -0.4 is 0 Å². The Morgan fingerprint density at radius 2 is 1.52 bits per heavy atom. The average Bonchev–Trinajstić information content (AvgIpc) is 2.57. The van der Waals surface area contributed by atoms with E-state index in [1.165, 1.54) is 50.5 Å². The fraction of sp³-hybridized carbons (Fsp3) is 0.682. The van der Waals surface area contributed by atoms with E-state index in [0.717, 1.165) is 32.1 Å². The highest BCUT2D eigenvalue weighted by atomic mass is 16.1. The van der Waals surface area contributed by atoms with Crippen LogP contribution in [0.1, 0.15) is 83.1 Å². The predicted molar refractivity (Wildman–Crippen MR) is 98.6 cm³/mol. The number of carbonyl (C=O) groups is 1. The molecule has 1 nitrogen and oxygen atoms in total. The van der Waals surface area contributed by atoms with Gasteiger partial charge in [0.15, 0.2) is 0 Å². The Morgan fingerprint density at radius 1 is 0.913 bits per heavy atom. The van der Waals surface area contributed by atoms with Gasteiger partial charge in [-0.1, -0.05) is 82.2 Å². The lowest BCUT2D eigenvalue weighted by molar-refractivity contribution is -0.124.